The average molecular weight is 340 g/mol. The van der Waals surface area contributed by atoms with Gasteiger partial charge in [-0.2, -0.15) is 13.2 Å². The molecule has 8 heteroatoms. The van der Waals surface area contributed by atoms with E-state index in [9.17, 15) is 18.0 Å². The number of aromatic nitrogens is 2. The van der Waals surface area contributed by atoms with Crippen molar-refractivity contribution in [1.82, 2.24) is 9.55 Å². The third kappa shape index (κ3) is 3.07. The fraction of sp³-hybridized carbons (Fsp3) is 0.200. The summed E-state index contributed by atoms with van der Waals surface area (Å²) in [7, 11) is 0. The van der Waals surface area contributed by atoms with E-state index >= 15 is 0 Å². The van der Waals surface area contributed by atoms with Gasteiger partial charge in [0.15, 0.2) is 0 Å². The number of hydrogen-bond donors (Lipinski definition) is 0. The lowest BCUT2D eigenvalue weighted by Crippen LogP contribution is -2.28. The molecule has 0 fully saturated rings. The normalized spacial score (nSPS) is 11.8. The Balaban J connectivity index is 1.96. The largest absolute Gasteiger partial charge is 0.440 e. The van der Waals surface area contributed by atoms with Gasteiger partial charge in [0.1, 0.15) is 17.0 Å². The van der Waals surface area contributed by atoms with E-state index in [0.717, 1.165) is 15.5 Å². The predicted octanol–water partition coefficient (Wildman–Crippen LogP) is 3.94. The van der Waals surface area contributed by atoms with Crippen LogP contribution in [-0.4, -0.2) is 9.55 Å². The number of oxazole rings is 1. The summed E-state index contributed by atoms with van der Waals surface area (Å²) in [5.41, 5.74) is -1.87. The molecule has 0 atom stereocenters. The maximum atomic E-state index is 12.8. The lowest BCUT2D eigenvalue weighted by atomic mass is 10.2. The Labute approximate surface area is 132 Å². The third-order valence-electron chi connectivity index (χ3n) is 3.27. The maximum Gasteiger partial charge on any atom is 0.421 e. The molecule has 4 nitrogen and oxygen atoms in total. The third-order valence-corrected chi connectivity index (χ3v) is 4.13. The molecule has 0 aliphatic rings. The van der Waals surface area contributed by atoms with Crippen molar-refractivity contribution in [2.45, 2.75) is 19.6 Å². The summed E-state index contributed by atoms with van der Waals surface area (Å²) < 4.78 is 44.9. The van der Waals surface area contributed by atoms with Gasteiger partial charge in [-0.15, -0.1) is 11.3 Å². The second-order valence-corrected chi connectivity index (χ2v) is 5.80. The van der Waals surface area contributed by atoms with Gasteiger partial charge in [-0.05, 0) is 30.5 Å². The van der Waals surface area contributed by atoms with E-state index in [0.29, 0.717) is 17.3 Å². The standard InChI is InChI=1S/C15H11F3N2O2S/c1-9-11(19-13(22-9)12-5-3-7-23-12)8-20-6-2-4-10(14(20)21)15(16,17)18/h2-7H,8H2,1H3. The molecule has 3 rings (SSSR count). The van der Waals surface area contributed by atoms with Gasteiger partial charge < -0.3 is 8.98 Å². The van der Waals surface area contributed by atoms with Crippen LogP contribution in [-0.2, 0) is 12.7 Å². The lowest BCUT2D eigenvalue weighted by Gasteiger charge is -2.09. The van der Waals surface area contributed by atoms with Gasteiger partial charge in [-0.1, -0.05) is 6.07 Å². The van der Waals surface area contributed by atoms with Crippen molar-refractivity contribution in [1.29, 1.82) is 0 Å². The zero-order valence-corrected chi connectivity index (χ0v) is 12.7. The summed E-state index contributed by atoms with van der Waals surface area (Å²) in [6.45, 7) is 1.58. The molecule has 3 heterocycles. The minimum atomic E-state index is -4.68. The maximum absolute atomic E-state index is 12.8. The molecule has 23 heavy (non-hydrogen) atoms. The van der Waals surface area contributed by atoms with Crippen LogP contribution in [0.3, 0.4) is 0 Å². The van der Waals surface area contributed by atoms with E-state index in [1.165, 1.54) is 23.6 Å². The second-order valence-electron chi connectivity index (χ2n) is 4.85. The Morgan fingerprint density at radius 1 is 1.30 bits per heavy atom. The van der Waals surface area contributed by atoms with Crippen molar-refractivity contribution in [3.63, 3.8) is 0 Å². The monoisotopic (exact) mass is 340 g/mol. The number of nitrogens with zero attached hydrogens (tertiary/aromatic N) is 2. The highest BCUT2D eigenvalue weighted by molar-refractivity contribution is 7.13. The molecule has 0 radical (unpaired) electrons. The van der Waals surface area contributed by atoms with Crippen LogP contribution < -0.4 is 5.56 Å². The summed E-state index contributed by atoms with van der Waals surface area (Å²) in [6.07, 6.45) is -3.38. The first-order valence-corrected chi connectivity index (χ1v) is 7.51. The zero-order valence-electron chi connectivity index (χ0n) is 11.9. The molecule has 0 aromatic carbocycles. The fourth-order valence-corrected chi connectivity index (χ4v) is 2.77. The van der Waals surface area contributed by atoms with Crippen molar-refractivity contribution in [2.24, 2.45) is 0 Å². The van der Waals surface area contributed by atoms with Gasteiger partial charge in [0.05, 0.1) is 11.4 Å². The van der Waals surface area contributed by atoms with E-state index in [1.807, 2.05) is 17.5 Å². The highest BCUT2D eigenvalue weighted by atomic mass is 32.1. The predicted molar refractivity (Wildman–Crippen MR) is 79.4 cm³/mol. The minimum Gasteiger partial charge on any atom is -0.440 e. The van der Waals surface area contributed by atoms with E-state index in [1.54, 1.807) is 6.92 Å². The van der Waals surface area contributed by atoms with Crippen LogP contribution in [0.15, 0.2) is 45.1 Å². The summed E-state index contributed by atoms with van der Waals surface area (Å²) >= 11 is 1.44. The van der Waals surface area contributed by atoms with Crippen LogP contribution in [0.4, 0.5) is 13.2 Å². The number of thiophene rings is 1. The highest BCUT2D eigenvalue weighted by Crippen LogP contribution is 2.27. The summed E-state index contributed by atoms with van der Waals surface area (Å²) in [5, 5.41) is 1.87. The molecule has 0 bridgehead atoms. The van der Waals surface area contributed by atoms with Gasteiger partial charge in [-0.3, -0.25) is 4.79 Å². The van der Waals surface area contributed by atoms with Crippen molar-refractivity contribution in [3.8, 4) is 10.8 Å². The number of aryl methyl sites for hydroxylation is 1. The number of alkyl halides is 3. The van der Waals surface area contributed by atoms with Crippen molar-refractivity contribution in [2.75, 3.05) is 0 Å². The van der Waals surface area contributed by atoms with Crippen LogP contribution in [0.5, 0.6) is 0 Å². The van der Waals surface area contributed by atoms with Crippen LogP contribution in [0, 0.1) is 6.92 Å². The topological polar surface area (TPSA) is 48.0 Å². The Hall–Kier alpha value is -2.35. The molecule has 0 unspecified atom stereocenters. The fourth-order valence-electron chi connectivity index (χ4n) is 2.12. The molecule has 0 saturated heterocycles. The van der Waals surface area contributed by atoms with Crippen LogP contribution in [0.1, 0.15) is 17.0 Å². The van der Waals surface area contributed by atoms with Gasteiger partial charge in [-0.25, -0.2) is 4.98 Å². The molecule has 3 aromatic rings. The Kier molecular flexibility index (Phi) is 3.85. The molecule has 0 N–H and O–H groups in total. The van der Waals surface area contributed by atoms with E-state index in [4.69, 9.17) is 4.42 Å². The molecule has 0 aliphatic carbocycles. The Morgan fingerprint density at radius 2 is 2.09 bits per heavy atom. The second kappa shape index (κ2) is 5.69. The molecule has 0 amide bonds. The van der Waals surface area contributed by atoms with E-state index in [-0.39, 0.29) is 6.54 Å². The Morgan fingerprint density at radius 3 is 2.74 bits per heavy atom. The first-order valence-electron chi connectivity index (χ1n) is 6.63. The van der Waals surface area contributed by atoms with E-state index < -0.39 is 17.3 Å². The number of rotatable bonds is 3. The van der Waals surface area contributed by atoms with E-state index in [2.05, 4.69) is 4.98 Å². The van der Waals surface area contributed by atoms with Crippen LogP contribution in [0.2, 0.25) is 0 Å². The zero-order chi connectivity index (χ0) is 16.6. The summed E-state index contributed by atoms with van der Waals surface area (Å²) in [4.78, 5) is 17.1. The SMILES string of the molecule is Cc1oc(-c2cccs2)nc1Cn1cccc(C(F)(F)F)c1=O. The van der Waals surface area contributed by atoms with Gasteiger partial charge in [0, 0.05) is 6.20 Å². The molecular formula is C15H11F3N2O2S. The van der Waals surface area contributed by atoms with Crippen molar-refractivity contribution in [3.05, 3.63) is 63.2 Å². The number of pyridine rings is 1. The van der Waals surface area contributed by atoms with Gasteiger partial charge in [0.25, 0.3) is 5.56 Å². The summed E-state index contributed by atoms with van der Waals surface area (Å²) in [6, 6.07) is 5.64. The minimum absolute atomic E-state index is 0.0799. The number of hydrogen-bond acceptors (Lipinski definition) is 4. The Bertz CT molecular complexity index is 879. The first-order chi connectivity index (χ1) is 10.9. The molecular weight excluding hydrogens is 329 g/mol. The molecule has 0 aliphatic heterocycles. The van der Waals surface area contributed by atoms with Crippen molar-refractivity contribution < 1.29 is 17.6 Å². The quantitative estimate of drug-likeness (QED) is 0.725. The molecule has 0 spiro atoms. The highest BCUT2D eigenvalue weighted by Gasteiger charge is 2.34. The summed E-state index contributed by atoms with van der Waals surface area (Å²) in [5.74, 6) is 0.866. The lowest BCUT2D eigenvalue weighted by molar-refractivity contribution is -0.138. The van der Waals surface area contributed by atoms with Crippen LogP contribution in [0.25, 0.3) is 10.8 Å². The van der Waals surface area contributed by atoms with Crippen LogP contribution >= 0.6 is 11.3 Å². The molecule has 0 saturated carbocycles. The van der Waals surface area contributed by atoms with Gasteiger partial charge >= 0.3 is 6.18 Å². The van der Waals surface area contributed by atoms with Gasteiger partial charge in [0.2, 0.25) is 5.89 Å². The smallest absolute Gasteiger partial charge is 0.421 e. The molecule has 120 valence electrons. The van der Waals surface area contributed by atoms with Crippen molar-refractivity contribution >= 4 is 11.3 Å². The average Bonchev–Trinajstić information content (AvgIpc) is 3.10. The molecule has 3 aromatic heterocycles. The number of halogens is 3. The first kappa shape index (κ1) is 15.5.